The number of benzene rings is 3. The molecule has 0 radical (unpaired) electrons. The Morgan fingerprint density at radius 3 is 2.12 bits per heavy atom. The van der Waals surface area contributed by atoms with Gasteiger partial charge in [-0.1, -0.05) is 48.5 Å². The molecule has 0 fully saturated rings. The minimum atomic E-state index is 0.737. The first-order valence-corrected chi connectivity index (χ1v) is 8.07. The number of nitrogens with zero attached hydrogens (tertiary/aromatic N) is 2. The Labute approximate surface area is 146 Å². The highest BCUT2D eigenvalue weighted by Gasteiger charge is 2.19. The predicted molar refractivity (Wildman–Crippen MR) is 99.6 cm³/mol. The van der Waals surface area contributed by atoms with Crippen LogP contribution in [-0.4, -0.2) is 24.0 Å². The van der Waals surface area contributed by atoms with Crippen LogP contribution in [0.1, 0.15) is 0 Å². The Morgan fingerprint density at radius 1 is 0.800 bits per heavy atom. The molecule has 1 aromatic heterocycles. The minimum Gasteiger partial charge on any atom is -0.497 e. The summed E-state index contributed by atoms with van der Waals surface area (Å²) in [5.41, 5.74) is 3.87. The Bertz CT molecular complexity index is 1010. The second-order valence-corrected chi connectivity index (χ2v) is 5.69. The monoisotopic (exact) mass is 330 g/mol. The maximum atomic E-state index is 5.65. The van der Waals surface area contributed by atoms with Gasteiger partial charge in [-0.3, -0.25) is 0 Å². The van der Waals surface area contributed by atoms with Gasteiger partial charge < -0.3 is 9.47 Å². The van der Waals surface area contributed by atoms with E-state index in [0.29, 0.717) is 0 Å². The van der Waals surface area contributed by atoms with Crippen LogP contribution in [0.3, 0.4) is 0 Å². The van der Waals surface area contributed by atoms with E-state index in [-0.39, 0.29) is 0 Å². The topological polar surface area (TPSA) is 36.3 Å². The van der Waals surface area contributed by atoms with E-state index < -0.39 is 0 Å². The van der Waals surface area contributed by atoms with Gasteiger partial charge in [0.2, 0.25) is 0 Å². The summed E-state index contributed by atoms with van der Waals surface area (Å²) in [4.78, 5) is 0. The van der Waals surface area contributed by atoms with Crippen LogP contribution in [0.2, 0.25) is 0 Å². The number of fused-ring (bicyclic) bond motifs is 1. The summed E-state index contributed by atoms with van der Waals surface area (Å²) in [6, 6.07) is 24.1. The van der Waals surface area contributed by atoms with Gasteiger partial charge in [-0.15, -0.1) is 0 Å². The number of aromatic nitrogens is 2. The maximum absolute atomic E-state index is 5.65. The summed E-state index contributed by atoms with van der Waals surface area (Å²) < 4.78 is 13.0. The van der Waals surface area contributed by atoms with Crippen molar-refractivity contribution in [1.29, 1.82) is 0 Å². The largest absolute Gasteiger partial charge is 0.497 e. The Balaban J connectivity index is 2.09. The lowest BCUT2D eigenvalue weighted by atomic mass is 10.1. The molecule has 25 heavy (non-hydrogen) atoms. The third kappa shape index (κ3) is 2.62. The minimum absolute atomic E-state index is 0.737. The van der Waals surface area contributed by atoms with Crippen LogP contribution in [0, 0.1) is 0 Å². The zero-order chi connectivity index (χ0) is 17.2. The summed E-state index contributed by atoms with van der Waals surface area (Å²) in [7, 11) is 3.32. The molecule has 0 saturated carbocycles. The second-order valence-electron chi connectivity index (χ2n) is 5.69. The smallest absolute Gasteiger partial charge is 0.134 e. The number of rotatable bonds is 4. The second kappa shape index (κ2) is 6.32. The lowest BCUT2D eigenvalue weighted by Crippen LogP contribution is -1.96. The molecule has 0 aliphatic heterocycles. The molecule has 0 aliphatic carbocycles. The van der Waals surface area contributed by atoms with Crippen molar-refractivity contribution in [3.05, 3.63) is 72.8 Å². The van der Waals surface area contributed by atoms with Gasteiger partial charge in [0.15, 0.2) is 0 Å². The van der Waals surface area contributed by atoms with Crippen molar-refractivity contribution in [2.75, 3.05) is 14.2 Å². The Morgan fingerprint density at radius 2 is 1.48 bits per heavy atom. The highest BCUT2D eigenvalue weighted by Crippen LogP contribution is 2.39. The molecule has 3 aromatic carbocycles. The molecular weight excluding hydrogens is 312 g/mol. The van der Waals surface area contributed by atoms with Crippen molar-refractivity contribution in [2.24, 2.45) is 0 Å². The first kappa shape index (κ1) is 15.3. The van der Waals surface area contributed by atoms with Crippen LogP contribution < -0.4 is 9.47 Å². The quantitative estimate of drug-likeness (QED) is 0.544. The van der Waals surface area contributed by atoms with Crippen LogP contribution in [0.5, 0.6) is 11.5 Å². The van der Waals surface area contributed by atoms with E-state index in [1.54, 1.807) is 14.2 Å². The number of hydrogen-bond acceptors (Lipinski definition) is 3. The van der Waals surface area contributed by atoms with Crippen molar-refractivity contribution in [1.82, 2.24) is 9.78 Å². The molecule has 0 N–H and O–H groups in total. The van der Waals surface area contributed by atoms with E-state index in [4.69, 9.17) is 14.6 Å². The fourth-order valence-electron chi connectivity index (χ4n) is 3.03. The normalized spacial score (nSPS) is 10.8. The fraction of sp³-hybridized carbons (Fsp3) is 0.0952. The summed E-state index contributed by atoms with van der Waals surface area (Å²) in [5.74, 6) is 1.48. The average molecular weight is 330 g/mol. The van der Waals surface area contributed by atoms with E-state index >= 15 is 0 Å². The van der Waals surface area contributed by atoms with Gasteiger partial charge in [-0.05, 0) is 12.1 Å². The molecule has 0 bridgehead atoms. The van der Waals surface area contributed by atoms with Crippen LogP contribution in [0.15, 0.2) is 72.8 Å². The predicted octanol–water partition coefficient (Wildman–Crippen LogP) is 4.71. The summed E-state index contributed by atoms with van der Waals surface area (Å²) in [5, 5.41) is 5.87. The van der Waals surface area contributed by atoms with Gasteiger partial charge >= 0.3 is 0 Å². The van der Waals surface area contributed by atoms with Crippen molar-refractivity contribution in [2.45, 2.75) is 0 Å². The van der Waals surface area contributed by atoms with E-state index in [2.05, 4.69) is 12.1 Å². The first-order chi connectivity index (χ1) is 12.3. The molecular formula is C21H18N2O2. The van der Waals surface area contributed by atoms with Crippen molar-refractivity contribution in [3.63, 3.8) is 0 Å². The zero-order valence-corrected chi connectivity index (χ0v) is 14.1. The van der Waals surface area contributed by atoms with E-state index in [0.717, 1.165) is 39.3 Å². The lowest BCUT2D eigenvalue weighted by Gasteiger charge is -2.08. The number of methoxy groups -OCH3 is 2. The van der Waals surface area contributed by atoms with Crippen LogP contribution in [-0.2, 0) is 0 Å². The number of para-hydroxylation sites is 1. The van der Waals surface area contributed by atoms with Crippen molar-refractivity contribution in [3.8, 4) is 28.4 Å². The Kier molecular flexibility index (Phi) is 3.86. The molecule has 124 valence electrons. The third-order valence-corrected chi connectivity index (χ3v) is 4.22. The van der Waals surface area contributed by atoms with Gasteiger partial charge in [0.1, 0.15) is 17.2 Å². The van der Waals surface area contributed by atoms with Gasteiger partial charge in [0.05, 0.1) is 30.8 Å². The van der Waals surface area contributed by atoms with Crippen LogP contribution >= 0.6 is 0 Å². The molecule has 0 atom stereocenters. The summed E-state index contributed by atoms with van der Waals surface area (Å²) in [6.45, 7) is 0. The highest BCUT2D eigenvalue weighted by molar-refractivity contribution is 5.99. The van der Waals surface area contributed by atoms with Crippen LogP contribution in [0.4, 0.5) is 0 Å². The molecule has 0 saturated heterocycles. The zero-order valence-electron chi connectivity index (χ0n) is 14.1. The van der Waals surface area contributed by atoms with Gasteiger partial charge in [0.25, 0.3) is 0 Å². The average Bonchev–Trinajstić information content (AvgIpc) is 3.08. The van der Waals surface area contributed by atoms with Crippen LogP contribution in [0.25, 0.3) is 27.8 Å². The lowest BCUT2D eigenvalue weighted by molar-refractivity contribution is 0.398. The van der Waals surface area contributed by atoms with Gasteiger partial charge in [0, 0.05) is 17.7 Å². The molecule has 0 amide bonds. The number of hydrogen-bond donors (Lipinski definition) is 0. The van der Waals surface area contributed by atoms with E-state index in [1.165, 1.54) is 0 Å². The molecule has 0 unspecified atom stereocenters. The van der Waals surface area contributed by atoms with Gasteiger partial charge in [-0.25, -0.2) is 4.68 Å². The summed E-state index contributed by atoms with van der Waals surface area (Å²) >= 11 is 0. The molecule has 4 heteroatoms. The summed E-state index contributed by atoms with van der Waals surface area (Å²) in [6.07, 6.45) is 0. The molecule has 4 nitrogen and oxygen atoms in total. The number of ether oxygens (including phenoxy) is 2. The Hall–Kier alpha value is -3.27. The first-order valence-electron chi connectivity index (χ1n) is 8.07. The van der Waals surface area contributed by atoms with Crippen molar-refractivity contribution >= 4 is 10.9 Å². The van der Waals surface area contributed by atoms with Crippen molar-refractivity contribution < 1.29 is 9.47 Å². The highest BCUT2D eigenvalue weighted by atomic mass is 16.5. The third-order valence-electron chi connectivity index (χ3n) is 4.22. The van der Waals surface area contributed by atoms with Gasteiger partial charge in [-0.2, -0.15) is 5.10 Å². The molecule has 1 heterocycles. The van der Waals surface area contributed by atoms with E-state index in [9.17, 15) is 0 Å². The van der Waals surface area contributed by atoms with E-state index in [1.807, 2.05) is 65.3 Å². The molecule has 4 aromatic rings. The maximum Gasteiger partial charge on any atom is 0.134 e. The molecule has 0 aliphatic rings. The molecule has 0 spiro atoms. The standard InChI is InChI=1S/C21H18N2O2/c1-24-17-13-18-20(19(14-17)25-2)21(15-9-5-3-6-10-15)22-23(18)16-11-7-4-8-12-16/h3-14H,1-2H3. The SMILES string of the molecule is COc1cc(OC)c2c(-c3ccccc3)nn(-c3ccccc3)c2c1. The molecule has 4 rings (SSSR count). The fourth-order valence-corrected chi connectivity index (χ4v) is 3.03.